The molecule has 0 spiro atoms. The maximum atomic E-state index is 12.7. The minimum atomic E-state index is -3.77. The molecule has 2 aromatic carbocycles. The molecule has 0 bridgehead atoms. The zero-order chi connectivity index (χ0) is 18.1. The summed E-state index contributed by atoms with van der Waals surface area (Å²) < 4.78 is 29.5. The molecule has 0 amide bonds. The molecule has 0 fully saturated rings. The molecule has 4 rings (SSSR count). The van der Waals surface area contributed by atoms with E-state index in [4.69, 9.17) is 0 Å². The Balaban J connectivity index is 1.80. The monoisotopic (exact) mass is 380 g/mol. The average Bonchev–Trinajstić information content (AvgIpc) is 3.00. The van der Waals surface area contributed by atoms with Crippen LogP contribution in [0.25, 0.3) is 0 Å². The third-order valence-corrected chi connectivity index (χ3v) is 6.69. The van der Waals surface area contributed by atoms with Gasteiger partial charge >= 0.3 is 0 Å². The molecule has 1 aliphatic carbocycles. The normalized spacial score (nSPS) is 20.7. The summed E-state index contributed by atoms with van der Waals surface area (Å²) in [6.45, 7) is 0. The first-order valence-electron chi connectivity index (χ1n) is 8.06. The predicted octanol–water partition coefficient (Wildman–Crippen LogP) is 4.40. The minimum Gasteiger partial charge on any atom is -0.338 e. The Bertz CT molecular complexity index is 1080. The molecule has 2 aliphatic rings. The molecule has 0 unspecified atom stereocenters. The third-order valence-electron chi connectivity index (χ3n) is 4.13. The number of fused-ring (bicyclic) bond motifs is 1. The van der Waals surface area contributed by atoms with Crippen LogP contribution in [0.2, 0.25) is 0 Å². The first-order chi connectivity index (χ1) is 12.6. The second kappa shape index (κ2) is 6.63. The van der Waals surface area contributed by atoms with Gasteiger partial charge in [-0.05, 0) is 30.3 Å². The van der Waals surface area contributed by atoms with Crippen molar-refractivity contribution in [1.82, 2.24) is 0 Å². The van der Waals surface area contributed by atoms with Crippen LogP contribution in [0, 0.1) is 0 Å². The van der Waals surface area contributed by atoms with E-state index in [1.807, 2.05) is 31.3 Å². The van der Waals surface area contributed by atoms with Crippen molar-refractivity contribution < 1.29 is 8.42 Å². The smallest absolute Gasteiger partial charge is 0.282 e. The van der Waals surface area contributed by atoms with Gasteiger partial charge in [0.25, 0.3) is 10.0 Å². The van der Waals surface area contributed by atoms with Crippen LogP contribution >= 0.6 is 11.8 Å². The summed E-state index contributed by atoms with van der Waals surface area (Å²) in [5.41, 5.74) is 2.35. The van der Waals surface area contributed by atoms with Crippen LogP contribution in [0.5, 0.6) is 0 Å². The molecule has 0 atom stereocenters. The summed E-state index contributed by atoms with van der Waals surface area (Å²) >= 11 is 1.62. The van der Waals surface area contributed by atoms with E-state index >= 15 is 0 Å². The van der Waals surface area contributed by atoms with Crippen molar-refractivity contribution in [3.05, 3.63) is 89.5 Å². The number of benzene rings is 2. The summed E-state index contributed by atoms with van der Waals surface area (Å²) in [5, 5.41) is 0.966. The molecule has 1 heterocycles. The largest absolute Gasteiger partial charge is 0.338 e. The van der Waals surface area contributed by atoms with Crippen molar-refractivity contribution in [2.75, 3.05) is 11.9 Å². The summed E-state index contributed by atoms with van der Waals surface area (Å²) in [4.78, 5) is 3.41. The molecule has 0 N–H and O–H groups in total. The first-order valence-corrected chi connectivity index (χ1v) is 10.3. The molecule has 4 nitrogen and oxygen atoms in total. The van der Waals surface area contributed by atoms with E-state index in [2.05, 4.69) is 21.4 Å². The van der Waals surface area contributed by atoms with Crippen molar-refractivity contribution in [3.63, 3.8) is 0 Å². The molecule has 6 heteroatoms. The van der Waals surface area contributed by atoms with Gasteiger partial charge in [0.05, 0.1) is 21.3 Å². The van der Waals surface area contributed by atoms with Crippen LogP contribution in [0.1, 0.15) is 0 Å². The van der Waals surface area contributed by atoms with E-state index in [-0.39, 0.29) is 4.90 Å². The van der Waals surface area contributed by atoms with E-state index in [1.165, 1.54) is 0 Å². The molecular formula is C20H16N2O2S2. The van der Waals surface area contributed by atoms with E-state index < -0.39 is 10.0 Å². The topological polar surface area (TPSA) is 49.7 Å². The van der Waals surface area contributed by atoms with Crippen LogP contribution < -0.4 is 4.90 Å². The highest BCUT2D eigenvalue weighted by atomic mass is 32.2. The number of rotatable bonds is 2. The summed E-state index contributed by atoms with van der Waals surface area (Å²) in [5.74, 6) is 0. The lowest BCUT2D eigenvalue weighted by molar-refractivity contribution is 0.598. The molecule has 0 radical (unpaired) electrons. The van der Waals surface area contributed by atoms with Gasteiger partial charge in [-0.1, -0.05) is 60.3 Å². The summed E-state index contributed by atoms with van der Waals surface area (Å²) in [7, 11) is -1.78. The zero-order valence-electron chi connectivity index (χ0n) is 14.0. The molecule has 26 heavy (non-hydrogen) atoms. The Morgan fingerprint density at radius 3 is 2.38 bits per heavy atom. The highest BCUT2D eigenvalue weighted by Crippen LogP contribution is 2.46. The van der Waals surface area contributed by atoms with Crippen molar-refractivity contribution in [2.24, 2.45) is 4.40 Å². The van der Waals surface area contributed by atoms with Crippen LogP contribution in [0.3, 0.4) is 0 Å². The van der Waals surface area contributed by atoms with Gasteiger partial charge in [-0.25, -0.2) is 0 Å². The SMILES string of the molecule is CN1C(=C2C=CC=CC2=NS(=O)(=O)c2ccccc2)Sc2ccccc21. The fourth-order valence-corrected chi connectivity index (χ4v) is 5.05. The number of anilines is 1. The maximum absolute atomic E-state index is 12.7. The summed E-state index contributed by atoms with van der Waals surface area (Å²) in [6, 6.07) is 16.4. The van der Waals surface area contributed by atoms with E-state index in [9.17, 15) is 8.42 Å². The first kappa shape index (κ1) is 16.9. The standard InChI is InChI=1S/C20H16N2O2S2/c1-22-18-13-7-8-14-19(18)25-20(22)16-11-5-6-12-17(16)21-26(23,24)15-9-3-2-4-10-15/h2-14H,1H3. The zero-order valence-corrected chi connectivity index (χ0v) is 15.7. The number of thioether (sulfide) groups is 1. The van der Waals surface area contributed by atoms with Gasteiger partial charge in [-0.2, -0.15) is 12.8 Å². The van der Waals surface area contributed by atoms with Gasteiger partial charge < -0.3 is 4.90 Å². The van der Waals surface area contributed by atoms with E-state index in [1.54, 1.807) is 54.2 Å². The minimum absolute atomic E-state index is 0.190. The van der Waals surface area contributed by atoms with Crippen molar-refractivity contribution in [3.8, 4) is 0 Å². The molecule has 1 aliphatic heterocycles. The van der Waals surface area contributed by atoms with Crippen LogP contribution in [-0.4, -0.2) is 21.2 Å². The molecular weight excluding hydrogens is 364 g/mol. The van der Waals surface area contributed by atoms with Gasteiger partial charge in [0, 0.05) is 17.5 Å². The van der Waals surface area contributed by atoms with Crippen molar-refractivity contribution in [2.45, 2.75) is 9.79 Å². The highest BCUT2D eigenvalue weighted by molar-refractivity contribution is 8.03. The molecule has 0 aromatic heterocycles. The molecule has 0 saturated carbocycles. The molecule has 130 valence electrons. The predicted molar refractivity (Wildman–Crippen MR) is 107 cm³/mol. The quantitative estimate of drug-likeness (QED) is 0.775. The Morgan fingerprint density at radius 2 is 1.62 bits per heavy atom. The van der Waals surface area contributed by atoms with Crippen LogP contribution in [-0.2, 0) is 10.0 Å². The maximum Gasteiger partial charge on any atom is 0.282 e. The highest BCUT2D eigenvalue weighted by Gasteiger charge is 2.26. The third kappa shape index (κ3) is 3.02. The lowest BCUT2D eigenvalue weighted by Gasteiger charge is -2.18. The summed E-state index contributed by atoms with van der Waals surface area (Å²) in [6.07, 6.45) is 7.34. The number of sulfonamides is 1. The van der Waals surface area contributed by atoms with Crippen molar-refractivity contribution >= 4 is 33.2 Å². The van der Waals surface area contributed by atoms with Crippen LogP contribution in [0.4, 0.5) is 5.69 Å². The van der Waals surface area contributed by atoms with Gasteiger partial charge in [-0.3, -0.25) is 0 Å². The second-order valence-electron chi connectivity index (χ2n) is 5.83. The number of nitrogens with zero attached hydrogens (tertiary/aromatic N) is 2. The van der Waals surface area contributed by atoms with Gasteiger partial charge in [0.15, 0.2) is 0 Å². The van der Waals surface area contributed by atoms with Gasteiger partial charge in [-0.15, -0.1) is 0 Å². The molecule has 0 saturated heterocycles. The lowest BCUT2D eigenvalue weighted by Crippen LogP contribution is -2.16. The van der Waals surface area contributed by atoms with Crippen LogP contribution in [0.15, 0.2) is 104 Å². The molecule has 2 aromatic rings. The van der Waals surface area contributed by atoms with Gasteiger partial charge in [0.2, 0.25) is 0 Å². The number of hydrogen-bond donors (Lipinski definition) is 0. The Labute approximate surface area is 157 Å². The van der Waals surface area contributed by atoms with E-state index in [0.717, 1.165) is 21.2 Å². The van der Waals surface area contributed by atoms with Gasteiger partial charge in [0.1, 0.15) is 0 Å². The van der Waals surface area contributed by atoms with E-state index in [0.29, 0.717) is 5.71 Å². The number of hydrogen-bond acceptors (Lipinski definition) is 4. The van der Waals surface area contributed by atoms with Crippen molar-refractivity contribution in [1.29, 1.82) is 0 Å². The number of para-hydroxylation sites is 1. The number of allylic oxidation sites excluding steroid dienone is 5. The second-order valence-corrected chi connectivity index (χ2v) is 8.47. The Morgan fingerprint density at radius 1 is 0.923 bits per heavy atom. The lowest BCUT2D eigenvalue weighted by atomic mass is 10.1. The Hall–Kier alpha value is -2.57. The average molecular weight is 380 g/mol. The fraction of sp³-hybridized carbons (Fsp3) is 0.0500. The Kier molecular flexibility index (Phi) is 4.30. The fourth-order valence-electron chi connectivity index (χ4n) is 2.85.